The van der Waals surface area contributed by atoms with Crippen LogP contribution < -0.4 is 5.32 Å². The van der Waals surface area contributed by atoms with Crippen molar-refractivity contribution in [1.29, 1.82) is 0 Å². The number of nitrogens with one attached hydrogen (secondary N) is 1. The minimum atomic E-state index is -1.08. The number of benzene rings is 1. The largest absolute Gasteiger partial charge is 0.450 e. The van der Waals surface area contributed by atoms with Crippen LogP contribution in [0, 0.1) is 0 Å². The number of aliphatic hydroxyl groups excluding tert-OH is 1. The van der Waals surface area contributed by atoms with Crippen LogP contribution in [0.3, 0.4) is 0 Å². The van der Waals surface area contributed by atoms with Crippen LogP contribution in [0.15, 0.2) is 30.3 Å². The van der Waals surface area contributed by atoms with E-state index in [1.807, 2.05) is 30.3 Å². The van der Waals surface area contributed by atoms with E-state index in [2.05, 4.69) is 5.32 Å². The Kier molecular flexibility index (Phi) is 6.99. The third-order valence-electron chi connectivity index (χ3n) is 2.55. The molecular weight excluding hydrogens is 289 g/mol. The van der Waals surface area contributed by atoms with Gasteiger partial charge >= 0.3 is 6.09 Å². The highest BCUT2D eigenvalue weighted by Gasteiger charge is 2.27. The van der Waals surface area contributed by atoms with Crippen molar-refractivity contribution in [2.45, 2.75) is 30.3 Å². The van der Waals surface area contributed by atoms with Crippen molar-refractivity contribution in [3.8, 4) is 0 Å². The first-order valence-corrected chi connectivity index (χ1v) is 6.85. The van der Waals surface area contributed by atoms with Gasteiger partial charge in [-0.15, -0.1) is 23.2 Å². The molecule has 1 rings (SSSR count). The van der Waals surface area contributed by atoms with Crippen LogP contribution in [0.4, 0.5) is 4.79 Å². The molecule has 106 valence electrons. The van der Waals surface area contributed by atoms with Gasteiger partial charge < -0.3 is 15.2 Å². The van der Waals surface area contributed by atoms with E-state index in [9.17, 15) is 9.90 Å². The number of aliphatic hydroxyl groups is 1. The molecule has 0 heterocycles. The lowest BCUT2D eigenvalue weighted by atomic mass is 10.0. The highest BCUT2D eigenvalue weighted by molar-refractivity contribution is 6.44. The maximum absolute atomic E-state index is 11.4. The molecule has 0 bridgehead atoms. The summed E-state index contributed by atoms with van der Waals surface area (Å²) < 4.78 is 4.79. The molecule has 2 atom stereocenters. The predicted octanol–water partition coefficient (Wildman–Crippen LogP) is 2.51. The Morgan fingerprint density at radius 2 is 2.00 bits per heavy atom. The first-order chi connectivity index (χ1) is 9.04. The molecular formula is C13H17Cl2NO3. The van der Waals surface area contributed by atoms with E-state index in [0.717, 1.165) is 5.56 Å². The summed E-state index contributed by atoms with van der Waals surface area (Å²) in [7, 11) is 0. The molecule has 0 fully saturated rings. The molecule has 0 aromatic heterocycles. The number of carbonyl (C=O) groups is 1. The van der Waals surface area contributed by atoms with Crippen molar-refractivity contribution in [2.24, 2.45) is 0 Å². The van der Waals surface area contributed by atoms with Gasteiger partial charge in [-0.2, -0.15) is 0 Å². The Morgan fingerprint density at radius 3 is 2.53 bits per heavy atom. The Morgan fingerprint density at radius 1 is 1.37 bits per heavy atom. The highest BCUT2D eigenvalue weighted by atomic mass is 35.5. The number of alkyl carbamates (subject to hydrolysis) is 1. The molecule has 4 nitrogen and oxygen atoms in total. The molecule has 0 spiro atoms. The smallest absolute Gasteiger partial charge is 0.407 e. The normalized spacial score (nSPS) is 13.9. The van der Waals surface area contributed by atoms with E-state index in [4.69, 9.17) is 27.9 Å². The van der Waals surface area contributed by atoms with Crippen molar-refractivity contribution in [3.05, 3.63) is 35.9 Å². The minimum absolute atomic E-state index is 0.255. The van der Waals surface area contributed by atoms with Gasteiger partial charge in [0.2, 0.25) is 0 Å². The number of rotatable bonds is 6. The third-order valence-corrected chi connectivity index (χ3v) is 3.06. The molecule has 0 aliphatic heterocycles. The van der Waals surface area contributed by atoms with Crippen LogP contribution in [0.5, 0.6) is 0 Å². The minimum Gasteiger partial charge on any atom is -0.450 e. The lowest BCUT2D eigenvalue weighted by molar-refractivity contribution is 0.113. The fourth-order valence-corrected chi connectivity index (χ4v) is 1.98. The molecule has 1 aromatic carbocycles. The molecule has 0 aliphatic rings. The van der Waals surface area contributed by atoms with Crippen LogP contribution in [-0.2, 0) is 11.2 Å². The molecule has 0 unspecified atom stereocenters. The maximum atomic E-state index is 11.4. The van der Waals surface area contributed by atoms with Gasteiger partial charge in [0, 0.05) is 0 Å². The van der Waals surface area contributed by atoms with E-state index in [1.165, 1.54) is 0 Å². The van der Waals surface area contributed by atoms with Gasteiger partial charge in [-0.25, -0.2) is 4.79 Å². The quantitative estimate of drug-likeness (QED) is 0.794. The zero-order valence-electron chi connectivity index (χ0n) is 10.6. The number of hydrogen-bond donors (Lipinski definition) is 2. The number of halogens is 2. The van der Waals surface area contributed by atoms with E-state index < -0.39 is 23.1 Å². The molecule has 19 heavy (non-hydrogen) atoms. The molecule has 2 N–H and O–H groups in total. The molecule has 0 radical (unpaired) electrons. The third kappa shape index (κ3) is 5.68. The number of carbonyl (C=O) groups excluding carboxylic acids is 1. The van der Waals surface area contributed by atoms with Crippen molar-refractivity contribution in [2.75, 3.05) is 6.61 Å². The second kappa shape index (κ2) is 8.25. The van der Waals surface area contributed by atoms with Crippen LogP contribution in [-0.4, -0.2) is 34.8 Å². The number of alkyl halides is 2. The van der Waals surface area contributed by atoms with Crippen LogP contribution >= 0.6 is 23.2 Å². The Hall–Kier alpha value is -0.970. The van der Waals surface area contributed by atoms with E-state index in [1.54, 1.807) is 6.92 Å². The van der Waals surface area contributed by atoms with Crippen LogP contribution in [0.1, 0.15) is 12.5 Å². The molecule has 0 saturated carbocycles. The molecule has 0 saturated heterocycles. The summed E-state index contributed by atoms with van der Waals surface area (Å²) in [4.78, 5) is 10.4. The zero-order chi connectivity index (χ0) is 14.3. The standard InChI is InChI=1S/C13H17Cl2NO3/c1-2-19-13(18)16-10(11(17)12(14)15)8-9-6-4-3-5-7-9/h3-7,10-12,17H,2,8H2,1H3,(H,16,18)/t10-,11+/m0/s1. The summed E-state index contributed by atoms with van der Waals surface area (Å²) >= 11 is 11.3. The number of hydrogen-bond acceptors (Lipinski definition) is 3. The Bertz CT molecular complexity index is 387. The summed E-state index contributed by atoms with van der Waals surface area (Å²) in [5, 5.41) is 12.5. The second-order valence-electron chi connectivity index (χ2n) is 3.99. The molecule has 0 aliphatic carbocycles. The second-order valence-corrected chi connectivity index (χ2v) is 5.15. The van der Waals surface area contributed by atoms with Crippen LogP contribution in [0.25, 0.3) is 0 Å². The van der Waals surface area contributed by atoms with Gasteiger partial charge in [-0.05, 0) is 18.9 Å². The van der Waals surface area contributed by atoms with Gasteiger partial charge in [0.15, 0.2) is 0 Å². The fraction of sp³-hybridized carbons (Fsp3) is 0.462. The summed E-state index contributed by atoms with van der Waals surface area (Å²) in [6.45, 7) is 1.96. The van der Waals surface area contributed by atoms with Gasteiger partial charge in [0.1, 0.15) is 10.9 Å². The summed E-state index contributed by atoms with van der Waals surface area (Å²) in [6, 6.07) is 8.82. The number of amides is 1. The topological polar surface area (TPSA) is 58.6 Å². The lowest BCUT2D eigenvalue weighted by Crippen LogP contribution is -2.47. The van der Waals surface area contributed by atoms with E-state index in [0.29, 0.717) is 6.42 Å². The van der Waals surface area contributed by atoms with Gasteiger partial charge in [-0.3, -0.25) is 0 Å². The predicted molar refractivity (Wildman–Crippen MR) is 75.6 cm³/mol. The van der Waals surface area contributed by atoms with Crippen molar-refractivity contribution >= 4 is 29.3 Å². The van der Waals surface area contributed by atoms with E-state index >= 15 is 0 Å². The van der Waals surface area contributed by atoms with Gasteiger partial charge in [0.25, 0.3) is 0 Å². The summed E-state index contributed by atoms with van der Waals surface area (Å²) in [5.74, 6) is 0. The van der Waals surface area contributed by atoms with Crippen molar-refractivity contribution < 1.29 is 14.6 Å². The van der Waals surface area contributed by atoms with Gasteiger partial charge in [0.05, 0.1) is 12.6 Å². The highest BCUT2D eigenvalue weighted by Crippen LogP contribution is 2.15. The number of ether oxygens (including phenoxy) is 1. The first-order valence-electron chi connectivity index (χ1n) is 5.98. The average Bonchev–Trinajstić information content (AvgIpc) is 2.38. The van der Waals surface area contributed by atoms with Crippen molar-refractivity contribution in [1.82, 2.24) is 5.32 Å². The SMILES string of the molecule is CCOC(=O)N[C@@H](Cc1ccccc1)[C@@H](O)C(Cl)Cl. The van der Waals surface area contributed by atoms with Gasteiger partial charge in [-0.1, -0.05) is 30.3 Å². The van der Waals surface area contributed by atoms with E-state index in [-0.39, 0.29) is 6.61 Å². The summed E-state index contributed by atoms with van der Waals surface area (Å²) in [5.41, 5.74) is 0.956. The monoisotopic (exact) mass is 305 g/mol. The lowest BCUT2D eigenvalue weighted by Gasteiger charge is -2.24. The maximum Gasteiger partial charge on any atom is 0.407 e. The Balaban J connectivity index is 2.72. The molecule has 1 aromatic rings. The van der Waals surface area contributed by atoms with Crippen molar-refractivity contribution in [3.63, 3.8) is 0 Å². The molecule has 6 heteroatoms. The Labute approximate surface area is 122 Å². The zero-order valence-corrected chi connectivity index (χ0v) is 12.1. The molecule has 1 amide bonds. The average molecular weight is 306 g/mol. The summed E-state index contributed by atoms with van der Waals surface area (Å²) in [6.07, 6.45) is -1.26. The van der Waals surface area contributed by atoms with Crippen LogP contribution in [0.2, 0.25) is 0 Å². The first kappa shape index (κ1) is 16.1. The fourth-order valence-electron chi connectivity index (χ4n) is 1.62.